The van der Waals surface area contributed by atoms with E-state index in [2.05, 4.69) is 5.32 Å². The summed E-state index contributed by atoms with van der Waals surface area (Å²) in [4.78, 5) is 12.4. The quantitative estimate of drug-likeness (QED) is 0.599. The Hall–Kier alpha value is -1.77. The maximum absolute atomic E-state index is 14.1. The normalized spacial score (nSPS) is 12.4. The third kappa shape index (κ3) is 6.39. The number of halogens is 2. The van der Waals surface area contributed by atoms with E-state index in [1.165, 1.54) is 25.1 Å². The van der Waals surface area contributed by atoms with Gasteiger partial charge in [0.2, 0.25) is 15.9 Å². The van der Waals surface area contributed by atoms with Crippen molar-refractivity contribution in [2.75, 3.05) is 22.9 Å². The molecule has 1 amide bonds. The van der Waals surface area contributed by atoms with Crippen molar-refractivity contribution in [3.8, 4) is 0 Å². The fraction of sp³-hybridized carbons (Fsp3) is 0.316. The van der Waals surface area contributed by atoms with Crippen LogP contribution < -0.4 is 9.62 Å². The van der Waals surface area contributed by atoms with E-state index in [4.69, 9.17) is 11.6 Å². The SMILES string of the molecule is C[C@@H](C(=O)NCCSCc1cccc(Cl)c1)N(c1ccccc1F)S(C)(=O)=O. The Morgan fingerprint density at radius 2 is 1.96 bits per heavy atom. The average molecular weight is 445 g/mol. The molecule has 152 valence electrons. The molecular weight excluding hydrogens is 423 g/mol. The summed E-state index contributed by atoms with van der Waals surface area (Å²) in [6.45, 7) is 1.80. The Balaban J connectivity index is 1.92. The van der Waals surface area contributed by atoms with Crippen molar-refractivity contribution in [2.24, 2.45) is 0 Å². The molecule has 0 aliphatic rings. The van der Waals surface area contributed by atoms with Gasteiger partial charge in [-0.25, -0.2) is 12.8 Å². The lowest BCUT2D eigenvalue weighted by molar-refractivity contribution is -0.121. The van der Waals surface area contributed by atoms with Crippen molar-refractivity contribution in [3.05, 3.63) is 64.9 Å². The zero-order chi connectivity index (χ0) is 20.7. The molecule has 0 aliphatic carbocycles. The Morgan fingerprint density at radius 1 is 1.25 bits per heavy atom. The van der Waals surface area contributed by atoms with Gasteiger partial charge >= 0.3 is 0 Å². The van der Waals surface area contributed by atoms with Crippen LogP contribution in [0.2, 0.25) is 5.02 Å². The molecule has 0 aromatic heterocycles. The number of nitrogens with one attached hydrogen (secondary N) is 1. The Morgan fingerprint density at radius 3 is 2.61 bits per heavy atom. The summed E-state index contributed by atoms with van der Waals surface area (Å²) in [6, 6.07) is 11.9. The molecule has 9 heteroatoms. The van der Waals surface area contributed by atoms with Crippen molar-refractivity contribution < 1.29 is 17.6 Å². The van der Waals surface area contributed by atoms with E-state index < -0.39 is 27.8 Å². The molecular formula is C19H22ClFN2O3S2. The summed E-state index contributed by atoms with van der Waals surface area (Å²) in [5.74, 6) is 0.196. The van der Waals surface area contributed by atoms with E-state index in [1.807, 2.05) is 18.2 Å². The highest BCUT2D eigenvalue weighted by Crippen LogP contribution is 2.24. The highest BCUT2D eigenvalue weighted by atomic mass is 35.5. The van der Waals surface area contributed by atoms with Crippen molar-refractivity contribution in [2.45, 2.75) is 18.7 Å². The molecule has 5 nitrogen and oxygen atoms in total. The topological polar surface area (TPSA) is 66.5 Å². The number of thioether (sulfide) groups is 1. The Kier molecular flexibility index (Phi) is 8.15. The second-order valence-electron chi connectivity index (χ2n) is 6.16. The van der Waals surface area contributed by atoms with Crippen LogP contribution in [0.3, 0.4) is 0 Å². The molecule has 0 saturated heterocycles. The second-order valence-corrected chi connectivity index (χ2v) is 9.56. The van der Waals surface area contributed by atoms with Gasteiger partial charge in [-0.3, -0.25) is 9.10 Å². The summed E-state index contributed by atoms with van der Waals surface area (Å²) < 4.78 is 39.2. The maximum Gasteiger partial charge on any atom is 0.243 e. The number of rotatable bonds is 9. The first kappa shape index (κ1) is 22.5. The Labute approximate surface area is 174 Å². The number of benzene rings is 2. The number of sulfonamides is 1. The van der Waals surface area contributed by atoms with E-state index >= 15 is 0 Å². The molecule has 0 bridgehead atoms. The summed E-state index contributed by atoms with van der Waals surface area (Å²) in [5.41, 5.74) is 0.933. The van der Waals surface area contributed by atoms with Gasteiger partial charge in [0.05, 0.1) is 11.9 Å². The van der Waals surface area contributed by atoms with Crippen LogP contribution >= 0.6 is 23.4 Å². The van der Waals surface area contributed by atoms with Crippen molar-refractivity contribution in [1.82, 2.24) is 5.32 Å². The zero-order valence-electron chi connectivity index (χ0n) is 15.6. The first-order chi connectivity index (χ1) is 13.2. The Bertz CT molecular complexity index is 925. The lowest BCUT2D eigenvalue weighted by atomic mass is 10.2. The van der Waals surface area contributed by atoms with Gasteiger partial charge in [0.25, 0.3) is 0 Å². The number of anilines is 1. The molecule has 0 unspecified atom stereocenters. The number of amides is 1. The summed E-state index contributed by atoms with van der Waals surface area (Å²) >= 11 is 7.56. The number of nitrogens with zero attached hydrogens (tertiary/aromatic N) is 1. The first-order valence-electron chi connectivity index (χ1n) is 8.54. The summed E-state index contributed by atoms with van der Waals surface area (Å²) in [6.07, 6.45) is 0.948. The molecule has 0 fully saturated rings. The van der Waals surface area contributed by atoms with Gasteiger partial charge in [0.1, 0.15) is 11.9 Å². The van der Waals surface area contributed by atoms with Crippen LogP contribution in [0.5, 0.6) is 0 Å². The smallest absolute Gasteiger partial charge is 0.243 e. The number of carbonyl (C=O) groups is 1. The summed E-state index contributed by atoms with van der Waals surface area (Å²) in [7, 11) is -3.85. The largest absolute Gasteiger partial charge is 0.353 e. The summed E-state index contributed by atoms with van der Waals surface area (Å²) in [5, 5.41) is 3.38. The van der Waals surface area contributed by atoms with Crippen LogP contribution in [-0.2, 0) is 20.6 Å². The van der Waals surface area contributed by atoms with E-state index in [-0.39, 0.29) is 5.69 Å². The van der Waals surface area contributed by atoms with E-state index in [0.717, 1.165) is 27.9 Å². The number of hydrogen-bond acceptors (Lipinski definition) is 4. The highest BCUT2D eigenvalue weighted by molar-refractivity contribution is 7.98. The molecule has 2 aromatic carbocycles. The second kappa shape index (κ2) is 10.1. The average Bonchev–Trinajstić information content (AvgIpc) is 2.62. The molecule has 1 atom stereocenters. The van der Waals surface area contributed by atoms with Crippen molar-refractivity contribution in [3.63, 3.8) is 0 Å². The predicted octanol–water partition coefficient (Wildman–Crippen LogP) is 3.68. The molecule has 0 heterocycles. The molecule has 2 rings (SSSR count). The van der Waals surface area contributed by atoms with Crippen LogP contribution in [0.25, 0.3) is 0 Å². The molecule has 1 N–H and O–H groups in total. The lowest BCUT2D eigenvalue weighted by Crippen LogP contribution is -2.48. The maximum atomic E-state index is 14.1. The van der Waals surface area contributed by atoms with Crippen LogP contribution in [0.15, 0.2) is 48.5 Å². The van der Waals surface area contributed by atoms with E-state index in [0.29, 0.717) is 17.3 Å². The lowest BCUT2D eigenvalue weighted by Gasteiger charge is -2.28. The van der Waals surface area contributed by atoms with Gasteiger partial charge in [-0.2, -0.15) is 11.8 Å². The van der Waals surface area contributed by atoms with E-state index in [1.54, 1.807) is 17.8 Å². The van der Waals surface area contributed by atoms with Gasteiger partial charge in [0.15, 0.2) is 0 Å². The molecule has 0 aliphatic heterocycles. The highest BCUT2D eigenvalue weighted by Gasteiger charge is 2.30. The fourth-order valence-corrected chi connectivity index (χ4v) is 4.82. The molecule has 2 aromatic rings. The number of carbonyl (C=O) groups excluding carboxylic acids is 1. The molecule has 0 spiro atoms. The van der Waals surface area contributed by atoms with Crippen molar-refractivity contribution >= 4 is 45.0 Å². The van der Waals surface area contributed by atoms with Gasteiger partial charge in [0, 0.05) is 23.1 Å². The molecule has 28 heavy (non-hydrogen) atoms. The van der Waals surface area contributed by atoms with Gasteiger partial charge < -0.3 is 5.32 Å². The predicted molar refractivity (Wildman–Crippen MR) is 114 cm³/mol. The van der Waals surface area contributed by atoms with Crippen LogP contribution in [0.1, 0.15) is 12.5 Å². The minimum atomic E-state index is -3.85. The van der Waals surface area contributed by atoms with Crippen molar-refractivity contribution in [1.29, 1.82) is 0 Å². The van der Waals surface area contributed by atoms with Gasteiger partial charge in [-0.1, -0.05) is 35.9 Å². The number of para-hydroxylation sites is 1. The minimum Gasteiger partial charge on any atom is -0.353 e. The number of hydrogen-bond donors (Lipinski definition) is 1. The molecule has 0 saturated carbocycles. The fourth-order valence-electron chi connectivity index (χ4n) is 2.62. The van der Waals surface area contributed by atoms with Crippen LogP contribution in [-0.4, -0.2) is 38.9 Å². The van der Waals surface area contributed by atoms with Gasteiger partial charge in [-0.05, 0) is 36.8 Å². The first-order valence-corrected chi connectivity index (χ1v) is 11.9. The molecule has 0 radical (unpaired) electrons. The minimum absolute atomic E-state index is 0.150. The standard InChI is InChI=1S/C19H22ClFN2O3S2/c1-14(23(28(2,25)26)18-9-4-3-8-17(18)21)19(24)22-10-11-27-13-15-6-5-7-16(20)12-15/h3-9,12,14H,10-11,13H2,1-2H3,(H,22,24)/t14-/m0/s1. The zero-order valence-corrected chi connectivity index (χ0v) is 18.0. The van der Waals surface area contributed by atoms with E-state index in [9.17, 15) is 17.6 Å². The van der Waals surface area contributed by atoms with Crippen LogP contribution in [0, 0.1) is 5.82 Å². The van der Waals surface area contributed by atoms with Gasteiger partial charge in [-0.15, -0.1) is 0 Å². The third-order valence-electron chi connectivity index (χ3n) is 3.88. The monoisotopic (exact) mass is 444 g/mol. The third-order valence-corrected chi connectivity index (χ3v) is 6.37. The van der Waals surface area contributed by atoms with Crippen LogP contribution in [0.4, 0.5) is 10.1 Å².